The number of likely N-dealkylation sites (tertiary alicyclic amines) is 1. The molecule has 0 spiro atoms. The molecule has 1 atom stereocenters. The molecule has 1 aromatic rings. The minimum atomic E-state index is -4.29. The average Bonchev–Trinajstić information content (AvgIpc) is 2.83. The fourth-order valence-electron chi connectivity index (χ4n) is 3.71. The van der Waals surface area contributed by atoms with E-state index in [0.29, 0.717) is 12.5 Å². The third-order valence-electron chi connectivity index (χ3n) is 5.24. The molecule has 1 saturated heterocycles. The van der Waals surface area contributed by atoms with Crippen LogP contribution in [-0.2, 0) is 17.4 Å². The highest BCUT2D eigenvalue weighted by molar-refractivity contribution is 5.69. The number of carboxylic acid groups (broad SMARTS) is 1. The van der Waals surface area contributed by atoms with Crippen LogP contribution in [0.15, 0.2) is 24.3 Å². The number of hydrogen-bond acceptors (Lipinski definition) is 3. The number of halogens is 3. The van der Waals surface area contributed by atoms with Crippen molar-refractivity contribution < 1.29 is 23.1 Å². The lowest BCUT2D eigenvalue weighted by molar-refractivity contribution is -0.139. The first-order valence-electron chi connectivity index (χ1n) is 9.56. The van der Waals surface area contributed by atoms with Gasteiger partial charge in [0, 0.05) is 6.04 Å². The second kappa shape index (κ2) is 10.1. The van der Waals surface area contributed by atoms with E-state index in [2.05, 4.69) is 4.90 Å². The smallest absolute Gasteiger partial charge is 0.416 e. The molecule has 0 bridgehead atoms. The summed E-state index contributed by atoms with van der Waals surface area (Å²) in [5, 5.41) is 8.92. The number of aryl methyl sites for hydroxylation is 1. The van der Waals surface area contributed by atoms with E-state index in [9.17, 15) is 18.0 Å². The van der Waals surface area contributed by atoms with Gasteiger partial charge in [0.25, 0.3) is 0 Å². The maximum Gasteiger partial charge on any atom is 0.416 e. The maximum absolute atomic E-state index is 12.8. The fourth-order valence-corrected chi connectivity index (χ4v) is 3.71. The zero-order valence-electron chi connectivity index (χ0n) is 15.8. The second-order valence-corrected chi connectivity index (χ2v) is 7.39. The number of carbonyl (C=O) groups is 1. The Kier molecular flexibility index (Phi) is 8.10. The van der Waals surface area contributed by atoms with Crippen molar-refractivity contribution in [1.29, 1.82) is 0 Å². The molecule has 1 aromatic carbocycles. The summed E-state index contributed by atoms with van der Waals surface area (Å²) in [5.74, 6) is -0.798. The van der Waals surface area contributed by atoms with Crippen LogP contribution in [0.4, 0.5) is 13.2 Å². The Morgan fingerprint density at radius 2 is 2.04 bits per heavy atom. The van der Waals surface area contributed by atoms with Crippen LogP contribution < -0.4 is 0 Å². The molecule has 1 aliphatic rings. The van der Waals surface area contributed by atoms with Crippen molar-refractivity contribution in [2.24, 2.45) is 0 Å². The van der Waals surface area contributed by atoms with Crippen LogP contribution in [0.25, 0.3) is 0 Å². The highest BCUT2D eigenvalue weighted by Crippen LogP contribution is 2.29. The standard InChI is InChI=1S/C20H29F3N2O2/c1-24(15-19(26)27)18-9-5-12-25(13-10-18)11-3-2-6-16-7-4-8-17(14-16)20(21,22)23/h4,7-8,14,18H,2-3,5-6,9-13,15H2,1H3,(H,26,27). The van der Waals surface area contributed by atoms with Crippen molar-refractivity contribution >= 4 is 5.97 Å². The Balaban J connectivity index is 1.71. The quantitative estimate of drug-likeness (QED) is 0.689. The molecule has 27 heavy (non-hydrogen) atoms. The van der Waals surface area contributed by atoms with E-state index in [1.165, 1.54) is 12.1 Å². The van der Waals surface area contributed by atoms with Crippen LogP contribution in [0.5, 0.6) is 0 Å². The van der Waals surface area contributed by atoms with E-state index in [-0.39, 0.29) is 6.54 Å². The van der Waals surface area contributed by atoms with E-state index in [4.69, 9.17) is 5.11 Å². The average molecular weight is 386 g/mol. The lowest BCUT2D eigenvalue weighted by atomic mass is 10.0. The van der Waals surface area contributed by atoms with Gasteiger partial charge < -0.3 is 10.0 Å². The summed E-state index contributed by atoms with van der Waals surface area (Å²) >= 11 is 0. The molecule has 0 amide bonds. The van der Waals surface area contributed by atoms with Crippen molar-refractivity contribution in [3.63, 3.8) is 0 Å². The van der Waals surface area contributed by atoms with Crippen molar-refractivity contribution in [3.05, 3.63) is 35.4 Å². The molecular formula is C20H29F3N2O2. The number of nitrogens with zero attached hydrogens (tertiary/aromatic N) is 2. The van der Waals surface area contributed by atoms with Crippen molar-refractivity contribution in [1.82, 2.24) is 9.80 Å². The van der Waals surface area contributed by atoms with Gasteiger partial charge in [0.1, 0.15) is 0 Å². The minimum absolute atomic E-state index is 0.0711. The van der Waals surface area contributed by atoms with Gasteiger partial charge in [-0.1, -0.05) is 18.2 Å². The molecule has 0 aromatic heterocycles. The molecule has 2 rings (SSSR count). The molecule has 1 heterocycles. The largest absolute Gasteiger partial charge is 0.480 e. The van der Waals surface area contributed by atoms with Gasteiger partial charge in [-0.15, -0.1) is 0 Å². The Hall–Kier alpha value is -1.60. The van der Waals surface area contributed by atoms with Gasteiger partial charge in [0.15, 0.2) is 0 Å². The summed E-state index contributed by atoms with van der Waals surface area (Å²) in [5.41, 5.74) is 0.153. The Labute approximate surface area is 159 Å². The van der Waals surface area contributed by atoms with Gasteiger partial charge in [0.05, 0.1) is 12.1 Å². The van der Waals surface area contributed by atoms with Crippen LogP contribution in [0.1, 0.15) is 43.2 Å². The minimum Gasteiger partial charge on any atom is -0.480 e. The summed E-state index contributed by atoms with van der Waals surface area (Å²) in [7, 11) is 1.86. The number of alkyl halides is 3. The molecule has 0 saturated carbocycles. The van der Waals surface area contributed by atoms with Crippen LogP contribution in [-0.4, -0.2) is 60.1 Å². The van der Waals surface area contributed by atoms with E-state index in [1.807, 2.05) is 11.9 Å². The third-order valence-corrected chi connectivity index (χ3v) is 5.24. The van der Waals surface area contributed by atoms with Gasteiger partial charge in [-0.3, -0.25) is 9.69 Å². The first-order valence-corrected chi connectivity index (χ1v) is 9.56. The lowest BCUT2D eigenvalue weighted by Crippen LogP contribution is -2.36. The molecule has 1 aliphatic heterocycles. The Morgan fingerprint density at radius 1 is 1.26 bits per heavy atom. The van der Waals surface area contributed by atoms with E-state index in [1.54, 1.807) is 6.07 Å². The van der Waals surface area contributed by atoms with Crippen molar-refractivity contribution in [2.45, 2.75) is 50.7 Å². The third kappa shape index (κ3) is 7.50. The van der Waals surface area contributed by atoms with Gasteiger partial charge in [-0.05, 0) is 76.8 Å². The number of rotatable bonds is 8. The monoisotopic (exact) mass is 386 g/mol. The zero-order valence-corrected chi connectivity index (χ0v) is 15.8. The number of aliphatic carboxylic acids is 1. The predicted molar refractivity (Wildman–Crippen MR) is 98.7 cm³/mol. The Morgan fingerprint density at radius 3 is 2.74 bits per heavy atom. The highest BCUT2D eigenvalue weighted by Gasteiger charge is 2.30. The maximum atomic E-state index is 12.8. The number of carboxylic acids is 1. The molecule has 7 heteroatoms. The van der Waals surface area contributed by atoms with Crippen LogP contribution in [0.3, 0.4) is 0 Å². The molecule has 1 fully saturated rings. The fraction of sp³-hybridized carbons (Fsp3) is 0.650. The SMILES string of the molecule is CN(CC(=O)O)C1CCCN(CCCCc2cccc(C(F)(F)F)c2)CC1. The molecule has 1 unspecified atom stereocenters. The summed E-state index contributed by atoms with van der Waals surface area (Å²) < 4.78 is 38.3. The predicted octanol–water partition coefficient (Wildman–Crippen LogP) is 3.90. The second-order valence-electron chi connectivity index (χ2n) is 7.39. The zero-order chi connectivity index (χ0) is 19.9. The van der Waals surface area contributed by atoms with Crippen LogP contribution in [0, 0.1) is 0 Å². The van der Waals surface area contributed by atoms with E-state index >= 15 is 0 Å². The summed E-state index contributed by atoms with van der Waals surface area (Å²) in [6.45, 7) is 2.95. The molecule has 1 N–H and O–H groups in total. The molecule has 0 aliphatic carbocycles. The van der Waals surface area contributed by atoms with Gasteiger partial charge >= 0.3 is 12.1 Å². The number of hydrogen-bond donors (Lipinski definition) is 1. The Bertz CT molecular complexity index is 607. The van der Waals surface area contributed by atoms with E-state index < -0.39 is 17.7 Å². The molecular weight excluding hydrogens is 357 g/mol. The molecule has 4 nitrogen and oxygen atoms in total. The number of benzene rings is 1. The summed E-state index contributed by atoms with van der Waals surface area (Å²) in [4.78, 5) is 15.2. The van der Waals surface area contributed by atoms with Crippen molar-refractivity contribution in [3.8, 4) is 0 Å². The van der Waals surface area contributed by atoms with Crippen LogP contribution in [0.2, 0.25) is 0 Å². The van der Waals surface area contributed by atoms with Gasteiger partial charge in [-0.2, -0.15) is 13.2 Å². The van der Waals surface area contributed by atoms with Crippen molar-refractivity contribution in [2.75, 3.05) is 33.2 Å². The summed E-state index contributed by atoms with van der Waals surface area (Å²) in [6.07, 6.45) is 1.18. The lowest BCUT2D eigenvalue weighted by Gasteiger charge is -2.25. The van der Waals surface area contributed by atoms with E-state index in [0.717, 1.165) is 63.4 Å². The summed E-state index contributed by atoms with van der Waals surface area (Å²) in [6, 6.07) is 5.88. The molecule has 152 valence electrons. The van der Waals surface area contributed by atoms with Gasteiger partial charge in [-0.25, -0.2) is 0 Å². The molecule has 0 radical (unpaired) electrons. The first kappa shape index (κ1) is 21.7. The first-order chi connectivity index (χ1) is 12.8. The highest BCUT2D eigenvalue weighted by atomic mass is 19.4. The topological polar surface area (TPSA) is 43.8 Å². The normalized spacial score (nSPS) is 19.2. The number of unbranched alkanes of at least 4 members (excludes halogenated alkanes) is 1. The van der Waals surface area contributed by atoms with Gasteiger partial charge in [0.2, 0.25) is 0 Å². The number of likely N-dealkylation sites (N-methyl/N-ethyl adjacent to an activating group) is 1. The van der Waals surface area contributed by atoms with Crippen LogP contribution >= 0.6 is 0 Å².